The summed E-state index contributed by atoms with van der Waals surface area (Å²) in [6.45, 7) is -0.569. The van der Waals surface area contributed by atoms with Crippen LogP contribution in [-0.4, -0.2) is 58.8 Å². The Morgan fingerprint density at radius 3 is 2.56 bits per heavy atom. The maximum Gasteiger partial charge on any atom is 0.354 e. The van der Waals surface area contributed by atoms with Crippen molar-refractivity contribution in [2.45, 2.75) is 43.9 Å². The molecule has 1 unspecified atom stereocenters. The summed E-state index contributed by atoms with van der Waals surface area (Å²) in [5.41, 5.74) is -0.514. The number of anilines is 1. The van der Waals surface area contributed by atoms with Crippen molar-refractivity contribution in [3.05, 3.63) is 65.5 Å². The van der Waals surface area contributed by atoms with E-state index in [1.165, 1.54) is 27.8 Å². The van der Waals surface area contributed by atoms with E-state index >= 15 is 0 Å². The Bertz CT molecular complexity index is 1200. The molecule has 0 bridgehead atoms. The van der Waals surface area contributed by atoms with Crippen LogP contribution in [0.25, 0.3) is 0 Å². The molecule has 34 heavy (non-hydrogen) atoms. The molecule has 1 atom stereocenters. The first-order valence-electron chi connectivity index (χ1n) is 11.2. The van der Waals surface area contributed by atoms with E-state index in [1.54, 1.807) is 42.5 Å². The fourth-order valence-electron chi connectivity index (χ4n) is 4.84. The smallest absolute Gasteiger partial charge is 0.354 e. The molecule has 2 aromatic rings. The lowest BCUT2D eigenvalue weighted by Crippen LogP contribution is -2.69. The number of para-hydroxylation sites is 1. The average molecular weight is 465 g/mol. The number of hydrogen-bond acceptors (Lipinski definition) is 5. The molecular formula is C25H24FN3O5. The normalized spacial score (nSPS) is 21.2. The summed E-state index contributed by atoms with van der Waals surface area (Å²) < 4.78 is 19.4. The van der Waals surface area contributed by atoms with Gasteiger partial charge in [-0.2, -0.15) is 0 Å². The van der Waals surface area contributed by atoms with E-state index in [0.29, 0.717) is 16.8 Å². The first kappa shape index (κ1) is 22.1. The van der Waals surface area contributed by atoms with Gasteiger partial charge in [0.15, 0.2) is 6.61 Å². The zero-order chi connectivity index (χ0) is 24.0. The molecule has 2 heterocycles. The van der Waals surface area contributed by atoms with Gasteiger partial charge >= 0.3 is 5.97 Å². The average Bonchev–Trinajstić information content (AvgIpc) is 3.61. The minimum absolute atomic E-state index is 0.0128. The summed E-state index contributed by atoms with van der Waals surface area (Å²) in [6.07, 6.45) is 1.64. The predicted molar refractivity (Wildman–Crippen MR) is 119 cm³/mol. The lowest BCUT2D eigenvalue weighted by Gasteiger charge is -2.48. The van der Waals surface area contributed by atoms with Crippen molar-refractivity contribution >= 4 is 29.4 Å². The van der Waals surface area contributed by atoms with E-state index in [2.05, 4.69) is 0 Å². The fourth-order valence-corrected chi connectivity index (χ4v) is 4.84. The maximum absolute atomic E-state index is 13.9. The Kier molecular flexibility index (Phi) is 5.34. The molecule has 2 fully saturated rings. The predicted octanol–water partition coefficient (Wildman–Crippen LogP) is 2.47. The maximum atomic E-state index is 13.9. The van der Waals surface area contributed by atoms with Crippen LogP contribution in [0.4, 0.5) is 10.1 Å². The van der Waals surface area contributed by atoms with Gasteiger partial charge in [-0.05, 0) is 31.0 Å². The highest BCUT2D eigenvalue weighted by atomic mass is 19.1. The molecule has 0 aromatic heterocycles. The molecule has 3 amide bonds. The van der Waals surface area contributed by atoms with Crippen LogP contribution in [-0.2, 0) is 25.7 Å². The van der Waals surface area contributed by atoms with Crippen LogP contribution in [0.5, 0.6) is 0 Å². The van der Waals surface area contributed by atoms with Gasteiger partial charge in [-0.3, -0.25) is 19.3 Å². The monoisotopic (exact) mass is 465 g/mol. The van der Waals surface area contributed by atoms with E-state index in [4.69, 9.17) is 4.74 Å². The number of halogens is 1. The number of fused-ring (bicyclic) bond motifs is 3. The number of nitrogens with zero attached hydrogens (tertiary/aromatic N) is 3. The molecule has 5 rings (SSSR count). The zero-order valence-electron chi connectivity index (χ0n) is 18.7. The lowest BCUT2D eigenvalue weighted by molar-refractivity contribution is -0.162. The van der Waals surface area contributed by atoms with Crippen molar-refractivity contribution in [1.82, 2.24) is 9.80 Å². The third kappa shape index (κ3) is 3.43. The Balaban J connectivity index is 1.39. The number of likely N-dealkylation sites (N-methyl/N-ethyl adjacent to an activating group) is 1. The van der Waals surface area contributed by atoms with Gasteiger partial charge in [-0.25, -0.2) is 9.18 Å². The molecule has 2 aliphatic heterocycles. The van der Waals surface area contributed by atoms with Gasteiger partial charge in [0.25, 0.3) is 11.8 Å². The molecule has 0 spiro atoms. The van der Waals surface area contributed by atoms with Crippen LogP contribution in [0, 0.1) is 5.82 Å². The second-order valence-corrected chi connectivity index (χ2v) is 8.89. The Hall–Kier alpha value is -3.75. The van der Waals surface area contributed by atoms with Gasteiger partial charge in [-0.15, -0.1) is 0 Å². The summed E-state index contributed by atoms with van der Waals surface area (Å²) in [7, 11) is 1.49. The van der Waals surface area contributed by atoms with Crippen molar-refractivity contribution < 1.29 is 28.3 Å². The molecule has 0 N–H and O–H groups in total. The molecule has 176 valence electrons. The highest BCUT2D eigenvalue weighted by molar-refractivity contribution is 6.15. The molecule has 0 radical (unpaired) electrons. The summed E-state index contributed by atoms with van der Waals surface area (Å²) in [5.74, 6) is -2.35. The van der Waals surface area contributed by atoms with E-state index in [1.807, 2.05) is 0 Å². The SMILES string of the molecule is CN(Cc1ccccc1F)C(=O)COC(=O)C12CCC(=O)N1c1ccccc1C(=O)N2C1CC1. The molecule has 1 saturated carbocycles. The number of ether oxygens (including phenoxy) is 1. The second-order valence-electron chi connectivity index (χ2n) is 8.89. The van der Waals surface area contributed by atoms with Crippen LogP contribution in [0.15, 0.2) is 48.5 Å². The van der Waals surface area contributed by atoms with Gasteiger partial charge in [0, 0.05) is 38.0 Å². The van der Waals surface area contributed by atoms with Crippen molar-refractivity contribution in [2.24, 2.45) is 0 Å². The van der Waals surface area contributed by atoms with Crippen LogP contribution in [0.3, 0.4) is 0 Å². The van der Waals surface area contributed by atoms with Gasteiger partial charge < -0.3 is 14.5 Å². The van der Waals surface area contributed by atoms with E-state index < -0.39 is 30.0 Å². The summed E-state index contributed by atoms with van der Waals surface area (Å²) in [4.78, 5) is 56.7. The number of hydrogen-bond donors (Lipinski definition) is 0. The standard InChI is InChI=1S/C25H24FN3O5/c1-27(14-16-6-2-4-8-19(16)26)22(31)15-34-24(33)25-13-12-21(30)29(25)20-9-5-3-7-18(20)23(32)28(25)17-10-11-17/h2-9,17H,10-15H2,1H3. The minimum Gasteiger partial charge on any atom is -0.452 e. The number of amides is 3. The Labute approximate surface area is 195 Å². The zero-order valence-corrected chi connectivity index (χ0v) is 18.7. The molecule has 3 aliphatic rings. The Morgan fingerprint density at radius 2 is 1.82 bits per heavy atom. The van der Waals surface area contributed by atoms with Crippen molar-refractivity contribution in [3.63, 3.8) is 0 Å². The highest BCUT2D eigenvalue weighted by Gasteiger charge is 2.64. The summed E-state index contributed by atoms with van der Waals surface area (Å²) >= 11 is 0. The molecule has 2 aromatic carbocycles. The van der Waals surface area contributed by atoms with Gasteiger partial charge in [0.1, 0.15) is 5.82 Å². The Morgan fingerprint density at radius 1 is 1.12 bits per heavy atom. The third-order valence-corrected chi connectivity index (χ3v) is 6.66. The summed E-state index contributed by atoms with van der Waals surface area (Å²) in [5, 5.41) is 0. The van der Waals surface area contributed by atoms with E-state index in [-0.39, 0.29) is 37.2 Å². The number of carbonyl (C=O) groups is 4. The third-order valence-electron chi connectivity index (χ3n) is 6.66. The highest BCUT2D eigenvalue weighted by Crippen LogP contribution is 2.49. The van der Waals surface area contributed by atoms with Crippen LogP contribution >= 0.6 is 0 Å². The molecule has 1 aliphatic carbocycles. The van der Waals surface area contributed by atoms with Crippen LogP contribution in [0.2, 0.25) is 0 Å². The summed E-state index contributed by atoms with van der Waals surface area (Å²) in [6, 6.07) is 12.7. The largest absolute Gasteiger partial charge is 0.452 e. The lowest BCUT2D eigenvalue weighted by atomic mass is 9.96. The van der Waals surface area contributed by atoms with E-state index in [9.17, 15) is 23.6 Å². The second kappa shape index (κ2) is 8.23. The van der Waals surface area contributed by atoms with Crippen LogP contribution in [0.1, 0.15) is 41.6 Å². The first-order chi connectivity index (χ1) is 16.3. The number of benzene rings is 2. The van der Waals surface area contributed by atoms with Gasteiger partial charge in [-0.1, -0.05) is 30.3 Å². The van der Waals surface area contributed by atoms with E-state index in [0.717, 1.165) is 12.8 Å². The fraction of sp³-hybridized carbons (Fsp3) is 0.360. The number of carbonyl (C=O) groups excluding carboxylic acids is 4. The minimum atomic E-state index is -1.60. The van der Waals surface area contributed by atoms with Gasteiger partial charge in [0.05, 0.1) is 11.3 Å². The molecular weight excluding hydrogens is 441 g/mol. The number of esters is 1. The quantitative estimate of drug-likeness (QED) is 0.612. The van der Waals surface area contributed by atoms with Crippen molar-refractivity contribution in [2.75, 3.05) is 18.6 Å². The van der Waals surface area contributed by atoms with Crippen LogP contribution < -0.4 is 4.90 Å². The topological polar surface area (TPSA) is 87.2 Å². The molecule has 8 nitrogen and oxygen atoms in total. The van der Waals surface area contributed by atoms with Crippen molar-refractivity contribution in [3.8, 4) is 0 Å². The van der Waals surface area contributed by atoms with Gasteiger partial charge in [0.2, 0.25) is 11.6 Å². The first-order valence-corrected chi connectivity index (χ1v) is 11.2. The molecule has 1 saturated heterocycles. The van der Waals surface area contributed by atoms with Crippen molar-refractivity contribution in [1.29, 1.82) is 0 Å². The molecule has 9 heteroatoms. The number of rotatable bonds is 6.